The second-order valence-corrected chi connectivity index (χ2v) is 10.9. The van der Waals surface area contributed by atoms with E-state index in [2.05, 4.69) is 36.3 Å². The van der Waals surface area contributed by atoms with E-state index in [9.17, 15) is 18.0 Å². The second kappa shape index (κ2) is 11.7. The smallest absolute Gasteiger partial charge is 0.419 e. The van der Waals surface area contributed by atoms with Crippen molar-refractivity contribution in [3.05, 3.63) is 70.5 Å². The molecule has 12 heteroatoms. The zero-order valence-electron chi connectivity index (χ0n) is 22.8. The molecule has 0 saturated carbocycles. The summed E-state index contributed by atoms with van der Waals surface area (Å²) in [6, 6.07) is 9.40. The third-order valence-corrected chi connectivity index (χ3v) is 7.96. The van der Waals surface area contributed by atoms with Gasteiger partial charge < -0.3 is 24.0 Å². The monoisotopic (exact) mass is 631 g/mol. The van der Waals surface area contributed by atoms with E-state index in [0.29, 0.717) is 46.3 Å². The van der Waals surface area contributed by atoms with Crippen LogP contribution in [0.4, 0.5) is 24.5 Å². The number of carbonyl (C=O) groups excluding carboxylic acids is 1. The molecule has 8 nitrogen and oxygen atoms in total. The fourth-order valence-corrected chi connectivity index (χ4v) is 5.83. The van der Waals surface area contributed by atoms with Gasteiger partial charge in [0.15, 0.2) is 0 Å². The van der Waals surface area contributed by atoms with Crippen LogP contribution in [0.1, 0.15) is 29.9 Å². The van der Waals surface area contributed by atoms with Gasteiger partial charge in [0.1, 0.15) is 11.5 Å². The van der Waals surface area contributed by atoms with Crippen LogP contribution in [0.3, 0.4) is 0 Å². The van der Waals surface area contributed by atoms with Gasteiger partial charge in [-0.15, -0.1) is 0 Å². The van der Waals surface area contributed by atoms with Gasteiger partial charge in [0, 0.05) is 45.9 Å². The van der Waals surface area contributed by atoms with Crippen LogP contribution in [-0.2, 0) is 4.79 Å². The van der Waals surface area contributed by atoms with E-state index >= 15 is 0 Å². The van der Waals surface area contributed by atoms with Gasteiger partial charge in [-0.3, -0.25) is 0 Å². The molecule has 3 heterocycles. The Bertz CT molecular complexity index is 1530. The zero-order valence-corrected chi connectivity index (χ0v) is 24.3. The van der Waals surface area contributed by atoms with E-state index in [1.54, 1.807) is 39.4 Å². The van der Waals surface area contributed by atoms with E-state index in [-0.39, 0.29) is 5.75 Å². The Kier molecular flexibility index (Phi) is 8.23. The highest BCUT2D eigenvalue weighted by Crippen LogP contribution is 2.44. The van der Waals surface area contributed by atoms with Crippen LogP contribution in [0.25, 0.3) is 16.8 Å². The van der Waals surface area contributed by atoms with Crippen LogP contribution in [0.5, 0.6) is 5.75 Å². The molecule has 0 bridgehead atoms. The summed E-state index contributed by atoms with van der Waals surface area (Å²) in [7, 11) is 0. The van der Waals surface area contributed by atoms with E-state index in [4.69, 9.17) is 9.26 Å². The van der Waals surface area contributed by atoms with Crippen molar-refractivity contribution in [3.63, 3.8) is 0 Å². The Morgan fingerprint density at radius 2 is 1.95 bits per heavy atom. The summed E-state index contributed by atoms with van der Waals surface area (Å²) < 4.78 is 53.3. The van der Waals surface area contributed by atoms with Crippen LogP contribution < -0.4 is 15.0 Å². The van der Waals surface area contributed by atoms with Crippen molar-refractivity contribution >= 4 is 33.3 Å². The highest BCUT2D eigenvalue weighted by Gasteiger charge is 2.42. The Hall–Kier alpha value is -3.64. The van der Waals surface area contributed by atoms with Crippen LogP contribution >= 0.6 is 15.9 Å². The van der Waals surface area contributed by atoms with Crippen molar-refractivity contribution in [2.75, 3.05) is 24.5 Å². The summed E-state index contributed by atoms with van der Waals surface area (Å²) in [5, 5.41) is 7.32. The molecule has 0 amide bonds. The highest BCUT2D eigenvalue weighted by molar-refractivity contribution is 9.10. The van der Waals surface area contributed by atoms with Crippen LogP contribution in [0, 0.1) is 26.7 Å². The number of alkyl halides is 3. The molecule has 41 heavy (non-hydrogen) atoms. The molecule has 2 aromatic carbocycles. The third-order valence-electron chi connectivity index (χ3n) is 7.32. The predicted molar refractivity (Wildman–Crippen MR) is 152 cm³/mol. The number of esters is 1. The average Bonchev–Trinajstić information content (AvgIpc) is 3.58. The summed E-state index contributed by atoms with van der Waals surface area (Å²) in [5.74, 6) is -1.72. The Morgan fingerprint density at radius 1 is 1.20 bits per heavy atom. The molecular formula is C29H29BrF3N5O3. The first kappa shape index (κ1) is 28.9. The number of aromatic nitrogens is 3. The molecule has 0 atom stereocenters. The molecule has 1 saturated heterocycles. The van der Waals surface area contributed by atoms with Crippen molar-refractivity contribution < 1.29 is 27.2 Å². The minimum Gasteiger partial charge on any atom is -0.419 e. The first-order valence-corrected chi connectivity index (χ1v) is 14.0. The Labute approximate surface area is 243 Å². The maximum atomic E-state index is 13.4. The SMILES string of the molecule is Cc1noc(C)c1-c1ccc(N(CC2CCNCC2)c2ccc(-n3ccnc3)c(Br)c2)c(C)c1OC(=O)C(F)(F)F. The molecular weight excluding hydrogens is 603 g/mol. The second-order valence-electron chi connectivity index (χ2n) is 10.1. The summed E-state index contributed by atoms with van der Waals surface area (Å²) in [6.07, 6.45) is 1.98. The van der Waals surface area contributed by atoms with E-state index in [0.717, 1.165) is 41.8 Å². The topological polar surface area (TPSA) is 85.4 Å². The number of halogens is 4. The van der Waals surface area contributed by atoms with Gasteiger partial charge in [-0.05, 0) is 98.9 Å². The molecule has 1 N–H and O–H groups in total. The maximum Gasteiger partial charge on any atom is 0.491 e. The fourth-order valence-electron chi connectivity index (χ4n) is 5.26. The first-order valence-electron chi connectivity index (χ1n) is 13.2. The van der Waals surface area contributed by atoms with Gasteiger partial charge in [0.2, 0.25) is 0 Å². The number of imidazole rings is 1. The van der Waals surface area contributed by atoms with Crippen molar-refractivity contribution in [2.45, 2.75) is 39.8 Å². The van der Waals surface area contributed by atoms with Crippen LogP contribution in [0.15, 0.2) is 58.0 Å². The molecule has 4 aromatic rings. The average molecular weight is 632 g/mol. The van der Waals surface area contributed by atoms with E-state index in [1.807, 2.05) is 35.0 Å². The van der Waals surface area contributed by atoms with E-state index in [1.165, 1.54) is 0 Å². The molecule has 0 spiro atoms. The normalized spacial score (nSPS) is 14.3. The Balaban J connectivity index is 1.65. The molecule has 1 aliphatic rings. The summed E-state index contributed by atoms with van der Waals surface area (Å²) in [4.78, 5) is 18.3. The lowest BCUT2D eigenvalue weighted by Crippen LogP contribution is -2.34. The summed E-state index contributed by atoms with van der Waals surface area (Å²) in [5.41, 5.74) is 4.01. The number of aryl methyl sites for hydroxylation is 2. The quantitative estimate of drug-likeness (QED) is 0.177. The number of anilines is 2. The van der Waals surface area contributed by atoms with Crippen molar-refractivity contribution in [3.8, 4) is 22.6 Å². The van der Waals surface area contributed by atoms with Crippen LogP contribution in [-0.4, -0.2) is 46.5 Å². The summed E-state index contributed by atoms with van der Waals surface area (Å²) >= 11 is 3.68. The molecule has 0 aliphatic carbocycles. The predicted octanol–water partition coefficient (Wildman–Crippen LogP) is 6.82. The molecule has 5 rings (SSSR count). The largest absolute Gasteiger partial charge is 0.491 e. The molecule has 0 radical (unpaired) electrons. The highest BCUT2D eigenvalue weighted by atomic mass is 79.9. The van der Waals surface area contributed by atoms with Gasteiger partial charge in [0.25, 0.3) is 0 Å². The number of hydrogen-bond acceptors (Lipinski definition) is 7. The number of ether oxygens (including phenoxy) is 1. The van der Waals surface area contributed by atoms with Gasteiger partial charge in [0.05, 0.1) is 23.3 Å². The standard InChI is InChI=1S/C29H29BrF3N5O3/c1-17-24(7-5-22(26-18(2)36-41-19(26)3)27(17)40-28(39)29(31,32)33)38(15-20-8-10-34-11-9-20)21-4-6-25(23(30)14-21)37-13-12-35-16-37/h4-7,12-14,16,20,34H,8-11,15H2,1-3H3. The minimum absolute atomic E-state index is 0.177. The molecule has 1 fully saturated rings. The van der Waals surface area contributed by atoms with Crippen molar-refractivity contribution in [1.82, 2.24) is 20.0 Å². The molecule has 216 valence electrons. The first-order chi connectivity index (χ1) is 19.5. The number of hydrogen-bond donors (Lipinski definition) is 1. The summed E-state index contributed by atoms with van der Waals surface area (Å²) in [6.45, 7) is 7.42. The van der Waals surface area contributed by atoms with Gasteiger partial charge in [-0.2, -0.15) is 13.2 Å². The van der Waals surface area contributed by atoms with Crippen molar-refractivity contribution in [1.29, 1.82) is 0 Å². The van der Waals surface area contributed by atoms with Gasteiger partial charge in [-0.1, -0.05) is 5.16 Å². The van der Waals surface area contributed by atoms with Gasteiger partial charge >= 0.3 is 12.1 Å². The van der Waals surface area contributed by atoms with Crippen LogP contribution in [0.2, 0.25) is 0 Å². The minimum atomic E-state index is -5.17. The number of piperidine rings is 1. The maximum absolute atomic E-state index is 13.4. The number of nitrogens with one attached hydrogen (secondary N) is 1. The fraction of sp³-hybridized carbons (Fsp3) is 0.345. The molecule has 2 aromatic heterocycles. The van der Waals surface area contributed by atoms with Gasteiger partial charge in [-0.25, -0.2) is 9.78 Å². The van der Waals surface area contributed by atoms with Crippen molar-refractivity contribution in [2.24, 2.45) is 5.92 Å². The number of benzene rings is 2. The molecule has 1 aliphatic heterocycles. The number of carbonyl (C=O) groups is 1. The third kappa shape index (κ3) is 6.03. The Morgan fingerprint density at radius 3 is 2.56 bits per heavy atom. The lowest BCUT2D eigenvalue weighted by Gasteiger charge is -2.33. The van der Waals surface area contributed by atoms with E-state index < -0.39 is 12.1 Å². The molecule has 0 unspecified atom stereocenters. The number of rotatable bonds is 7. The zero-order chi connectivity index (χ0) is 29.3. The lowest BCUT2D eigenvalue weighted by molar-refractivity contribution is -0.189. The lowest BCUT2D eigenvalue weighted by atomic mass is 9.95. The number of nitrogens with zero attached hydrogens (tertiary/aromatic N) is 4.